The highest BCUT2D eigenvalue weighted by molar-refractivity contribution is 5.91. The Kier molecular flexibility index (Phi) is 6.30. The summed E-state index contributed by atoms with van der Waals surface area (Å²) >= 11 is 0. The highest BCUT2D eigenvalue weighted by atomic mass is 16.5. The summed E-state index contributed by atoms with van der Waals surface area (Å²) in [6.07, 6.45) is 3.40. The predicted octanol–water partition coefficient (Wildman–Crippen LogP) is 5.12. The summed E-state index contributed by atoms with van der Waals surface area (Å²) in [7, 11) is 1.42. The molecular formula is C28H29N3O3. The van der Waals surface area contributed by atoms with Gasteiger partial charge in [-0.05, 0) is 49.4 Å². The van der Waals surface area contributed by atoms with Gasteiger partial charge in [-0.25, -0.2) is 4.98 Å². The number of nitrogens with one attached hydrogen (secondary N) is 1. The summed E-state index contributed by atoms with van der Waals surface area (Å²) in [5.74, 6) is -0.0907. The van der Waals surface area contributed by atoms with Gasteiger partial charge in [0.25, 0.3) is 0 Å². The van der Waals surface area contributed by atoms with E-state index in [1.807, 2.05) is 35.2 Å². The van der Waals surface area contributed by atoms with Gasteiger partial charge in [-0.2, -0.15) is 0 Å². The molecule has 34 heavy (non-hydrogen) atoms. The maximum absolute atomic E-state index is 12.8. The van der Waals surface area contributed by atoms with Gasteiger partial charge in [0.1, 0.15) is 0 Å². The van der Waals surface area contributed by atoms with Gasteiger partial charge >= 0.3 is 5.97 Å². The van der Waals surface area contributed by atoms with E-state index in [-0.39, 0.29) is 17.8 Å². The molecule has 2 aromatic carbocycles. The zero-order chi connectivity index (χ0) is 23.5. The first-order chi connectivity index (χ1) is 16.6. The fourth-order valence-corrected chi connectivity index (χ4v) is 4.99. The number of nitrogens with zero attached hydrogens (tertiary/aromatic N) is 2. The van der Waals surface area contributed by atoms with Gasteiger partial charge in [0.2, 0.25) is 5.91 Å². The van der Waals surface area contributed by atoms with Crippen molar-refractivity contribution in [2.75, 3.05) is 20.2 Å². The number of fused-ring (bicyclic) bond motifs is 2. The Balaban J connectivity index is 1.31. The van der Waals surface area contributed by atoms with E-state index in [9.17, 15) is 9.59 Å². The number of amides is 1. The largest absolute Gasteiger partial charge is 0.469 e. The van der Waals surface area contributed by atoms with E-state index < -0.39 is 0 Å². The number of pyridine rings is 1. The molecule has 1 amide bonds. The molecule has 0 radical (unpaired) electrons. The van der Waals surface area contributed by atoms with Crippen molar-refractivity contribution in [1.82, 2.24) is 14.9 Å². The molecule has 3 heterocycles. The van der Waals surface area contributed by atoms with Crippen LogP contribution in [0.1, 0.15) is 31.2 Å². The van der Waals surface area contributed by atoms with Gasteiger partial charge in [0.15, 0.2) is 0 Å². The number of aryl methyl sites for hydroxylation is 1. The molecule has 6 heteroatoms. The highest BCUT2D eigenvalue weighted by Gasteiger charge is 2.27. The molecule has 1 N–H and O–H groups in total. The number of piperidine rings is 1. The van der Waals surface area contributed by atoms with Crippen LogP contribution in [0.25, 0.3) is 33.2 Å². The second-order valence-corrected chi connectivity index (χ2v) is 8.95. The van der Waals surface area contributed by atoms with Crippen molar-refractivity contribution in [3.8, 4) is 11.4 Å². The second kappa shape index (κ2) is 9.67. The minimum atomic E-state index is -0.165. The number of methoxy groups -OCH3 is 1. The number of hydrogen-bond donors (Lipinski definition) is 1. The molecule has 0 saturated carbocycles. The number of carbonyl (C=O) groups excluding carboxylic acids is 2. The van der Waals surface area contributed by atoms with E-state index in [0.717, 1.165) is 40.6 Å². The summed E-state index contributed by atoms with van der Waals surface area (Å²) < 4.78 is 4.85. The third kappa shape index (κ3) is 4.40. The highest BCUT2D eigenvalue weighted by Crippen LogP contribution is 2.32. The molecule has 1 fully saturated rings. The number of H-pyrrole nitrogens is 1. The van der Waals surface area contributed by atoms with Crippen LogP contribution in [0.2, 0.25) is 0 Å². The number of para-hydroxylation sites is 2. The molecule has 1 aliphatic heterocycles. The maximum atomic E-state index is 12.8. The van der Waals surface area contributed by atoms with E-state index in [0.29, 0.717) is 32.4 Å². The molecule has 0 spiro atoms. The Morgan fingerprint density at radius 2 is 1.79 bits per heavy atom. The molecule has 5 rings (SSSR count). The topological polar surface area (TPSA) is 75.3 Å². The van der Waals surface area contributed by atoms with Crippen LogP contribution in [0.4, 0.5) is 0 Å². The van der Waals surface area contributed by atoms with Gasteiger partial charge < -0.3 is 14.6 Å². The average molecular weight is 456 g/mol. The SMILES string of the molecule is COC(=O)C1CCN(C(=O)CCCc2c(-c3ccc4ccccc4n3)[nH]c3ccccc23)CC1. The molecule has 1 saturated heterocycles. The molecule has 6 nitrogen and oxygen atoms in total. The predicted molar refractivity (Wildman–Crippen MR) is 133 cm³/mol. The summed E-state index contributed by atoms with van der Waals surface area (Å²) in [5, 5.41) is 2.30. The summed E-state index contributed by atoms with van der Waals surface area (Å²) in [6.45, 7) is 1.25. The zero-order valence-corrected chi connectivity index (χ0v) is 19.4. The first kappa shape index (κ1) is 22.1. The van der Waals surface area contributed by atoms with Crippen molar-refractivity contribution in [3.05, 3.63) is 66.2 Å². The van der Waals surface area contributed by atoms with Crippen LogP contribution in [0, 0.1) is 5.92 Å². The average Bonchev–Trinajstić information content (AvgIpc) is 3.26. The molecule has 174 valence electrons. The summed E-state index contributed by atoms with van der Waals surface area (Å²) in [5.41, 5.74) is 5.20. The number of aromatic nitrogens is 2. The van der Waals surface area contributed by atoms with Crippen LogP contribution in [0.3, 0.4) is 0 Å². The van der Waals surface area contributed by atoms with Gasteiger partial charge in [-0.15, -0.1) is 0 Å². The van der Waals surface area contributed by atoms with Crippen molar-refractivity contribution in [1.29, 1.82) is 0 Å². The van der Waals surface area contributed by atoms with Gasteiger partial charge in [0.05, 0.1) is 29.9 Å². The Morgan fingerprint density at radius 1 is 1.03 bits per heavy atom. The molecular weight excluding hydrogens is 426 g/mol. The molecule has 2 aromatic heterocycles. The van der Waals surface area contributed by atoms with Crippen LogP contribution in [-0.4, -0.2) is 46.9 Å². The van der Waals surface area contributed by atoms with Crippen molar-refractivity contribution in [2.24, 2.45) is 5.92 Å². The van der Waals surface area contributed by atoms with Crippen LogP contribution in [-0.2, 0) is 20.7 Å². The van der Waals surface area contributed by atoms with E-state index in [1.54, 1.807) is 0 Å². The Bertz CT molecular complexity index is 1340. The maximum Gasteiger partial charge on any atom is 0.308 e. The standard InChI is InChI=1S/C28H29N3O3/c1-34-28(33)20-15-17-31(18-16-20)26(32)12-6-9-22-21-8-3-5-11-24(21)30-27(22)25-14-13-19-7-2-4-10-23(19)29-25/h2-5,7-8,10-11,13-14,20,30H,6,9,12,15-18H2,1H3. The number of rotatable bonds is 6. The number of hydrogen-bond acceptors (Lipinski definition) is 4. The lowest BCUT2D eigenvalue weighted by Gasteiger charge is -2.30. The van der Waals surface area contributed by atoms with E-state index >= 15 is 0 Å². The van der Waals surface area contributed by atoms with E-state index in [2.05, 4.69) is 35.3 Å². The monoisotopic (exact) mass is 455 g/mol. The molecule has 4 aromatic rings. The normalized spacial score (nSPS) is 14.6. The lowest BCUT2D eigenvalue weighted by molar-refractivity contribution is -0.148. The molecule has 0 aliphatic carbocycles. The smallest absolute Gasteiger partial charge is 0.308 e. The lowest BCUT2D eigenvalue weighted by atomic mass is 9.96. The van der Waals surface area contributed by atoms with Gasteiger partial charge in [-0.1, -0.05) is 42.5 Å². The third-order valence-corrected chi connectivity index (χ3v) is 6.87. The first-order valence-corrected chi connectivity index (χ1v) is 12.0. The van der Waals surface area contributed by atoms with Gasteiger partial charge in [-0.3, -0.25) is 9.59 Å². The molecule has 0 atom stereocenters. The van der Waals surface area contributed by atoms with Crippen LogP contribution in [0.15, 0.2) is 60.7 Å². The number of benzene rings is 2. The second-order valence-electron chi connectivity index (χ2n) is 8.95. The Labute approximate surface area is 198 Å². The van der Waals surface area contributed by atoms with E-state index in [1.165, 1.54) is 18.1 Å². The van der Waals surface area contributed by atoms with E-state index in [4.69, 9.17) is 9.72 Å². The minimum Gasteiger partial charge on any atom is -0.469 e. The molecule has 1 aliphatic rings. The minimum absolute atomic E-state index is 0.0859. The molecule has 0 unspecified atom stereocenters. The molecule has 0 bridgehead atoms. The number of aromatic amines is 1. The Morgan fingerprint density at radius 3 is 2.62 bits per heavy atom. The zero-order valence-electron chi connectivity index (χ0n) is 19.4. The number of likely N-dealkylation sites (tertiary alicyclic amines) is 1. The van der Waals surface area contributed by atoms with Crippen LogP contribution < -0.4 is 0 Å². The number of carbonyl (C=O) groups is 2. The third-order valence-electron chi connectivity index (χ3n) is 6.87. The Hall–Kier alpha value is -3.67. The van der Waals surface area contributed by atoms with Crippen molar-refractivity contribution in [3.63, 3.8) is 0 Å². The fourth-order valence-electron chi connectivity index (χ4n) is 4.99. The van der Waals surface area contributed by atoms with Crippen LogP contribution in [0.5, 0.6) is 0 Å². The van der Waals surface area contributed by atoms with Crippen molar-refractivity contribution in [2.45, 2.75) is 32.1 Å². The van der Waals surface area contributed by atoms with Gasteiger partial charge in [0, 0.05) is 35.8 Å². The summed E-state index contributed by atoms with van der Waals surface area (Å²) in [4.78, 5) is 34.9. The van der Waals surface area contributed by atoms with Crippen molar-refractivity contribution < 1.29 is 14.3 Å². The lowest BCUT2D eigenvalue weighted by Crippen LogP contribution is -2.40. The number of ether oxygens (including phenoxy) is 1. The summed E-state index contributed by atoms with van der Waals surface area (Å²) in [6, 6.07) is 20.6. The van der Waals surface area contributed by atoms with Crippen molar-refractivity contribution >= 4 is 33.7 Å². The number of esters is 1. The quantitative estimate of drug-likeness (QED) is 0.410. The fraction of sp³-hybridized carbons (Fsp3) is 0.321. The first-order valence-electron chi connectivity index (χ1n) is 12.0. The van der Waals surface area contributed by atoms with Crippen LogP contribution >= 0.6 is 0 Å².